The highest BCUT2D eigenvalue weighted by atomic mass is 35.5. The van der Waals surface area contributed by atoms with Crippen LogP contribution in [0.1, 0.15) is 34.1 Å². The van der Waals surface area contributed by atoms with E-state index in [4.69, 9.17) is 11.6 Å². The molecule has 2 rings (SSSR count). The summed E-state index contributed by atoms with van der Waals surface area (Å²) in [5.74, 6) is -0.269. The van der Waals surface area contributed by atoms with Crippen molar-refractivity contribution < 1.29 is 4.39 Å². The third-order valence-corrected chi connectivity index (χ3v) is 4.36. The summed E-state index contributed by atoms with van der Waals surface area (Å²) >= 11 is 7.56. The van der Waals surface area contributed by atoms with E-state index in [1.807, 2.05) is 6.92 Å². The largest absolute Gasteiger partial charge is 0.307 e. The van der Waals surface area contributed by atoms with Gasteiger partial charge in [0.05, 0.1) is 11.7 Å². The topological polar surface area (TPSA) is 24.9 Å². The van der Waals surface area contributed by atoms with E-state index >= 15 is 0 Å². The van der Waals surface area contributed by atoms with Crippen LogP contribution < -0.4 is 5.32 Å². The van der Waals surface area contributed by atoms with E-state index in [9.17, 15) is 4.39 Å². The quantitative estimate of drug-likeness (QED) is 0.918. The highest BCUT2D eigenvalue weighted by molar-refractivity contribution is 7.11. The van der Waals surface area contributed by atoms with Gasteiger partial charge in [-0.1, -0.05) is 18.5 Å². The zero-order valence-corrected chi connectivity index (χ0v) is 12.7. The fourth-order valence-corrected chi connectivity index (χ4v) is 3.37. The lowest BCUT2D eigenvalue weighted by molar-refractivity contribution is 0.574. The second-order valence-electron chi connectivity index (χ2n) is 4.30. The van der Waals surface area contributed by atoms with Gasteiger partial charge in [-0.3, -0.25) is 0 Å². The average molecular weight is 299 g/mol. The standard InChI is InChI=1S/C14H16ClFN2S/c1-4-12-8(2)19-14(18-12)13(17-3)10-7-9(15)5-6-11(10)16/h5-7,13,17H,4H2,1-3H3. The van der Waals surface area contributed by atoms with E-state index < -0.39 is 0 Å². The average Bonchev–Trinajstić information content (AvgIpc) is 2.75. The molecular weight excluding hydrogens is 283 g/mol. The first kappa shape index (κ1) is 14.4. The van der Waals surface area contributed by atoms with Crippen LogP contribution in [0.2, 0.25) is 5.02 Å². The molecule has 2 nitrogen and oxygen atoms in total. The number of nitrogens with one attached hydrogen (secondary N) is 1. The Balaban J connectivity index is 2.46. The van der Waals surface area contributed by atoms with Gasteiger partial charge in [-0.2, -0.15) is 0 Å². The fraction of sp³-hybridized carbons (Fsp3) is 0.357. The highest BCUT2D eigenvalue weighted by Crippen LogP contribution is 2.30. The van der Waals surface area contributed by atoms with Crippen molar-refractivity contribution in [3.05, 3.63) is 50.2 Å². The molecule has 1 heterocycles. The first-order valence-electron chi connectivity index (χ1n) is 6.15. The van der Waals surface area contributed by atoms with Crippen LogP contribution in [0.3, 0.4) is 0 Å². The van der Waals surface area contributed by atoms with Crippen LogP contribution in [0, 0.1) is 12.7 Å². The van der Waals surface area contributed by atoms with Crippen molar-refractivity contribution >= 4 is 22.9 Å². The molecular formula is C14H16ClFN2S. The molecule has 2 aromatic rings. The highest BCUT2D eigenvalue weighted by Gasteiger charge is 2.21. The molecule has 1 atom stereocenters. The summed E-state index contributed by atoms with van der Waals surface area (Å²) in [7, 11) is 1.80. The Morgan fingerprint density at radius 3 is 2.79 bits per heavy atom. The van der Waals surface area contributed by atoms with Crippen molar-refractivity contribution in [2.24, 2.45) is 0 Å². The smallest absolute Gasteiger partial charge is 0.128 e. The molecule has 0 saturated heterocycles. The van der Waals surface area contributed by atoms with Gasteiger partial charge in [-0.25, -0.2) is 9.37 Å². The molecule has 0 aliphatic carbocycles. The zero-order chi connectivity index (χ0) is 14.0. The van der Waals surface area contributed by atoms with Gasteiger partial charge < -0.3 is 5.32 Å². The lowest BCUT2D eigenvalue weighted by atomic mass is 10.1. The molecule has 0 fully saturated rings. The number of benzene rings is 1. The first-order chi connectivity index (χ1) is 9.06. The molecule has 0 saturated carbocycles. The maximum atomic E-state index is 14.0. The number of rotatable bonds is 4. The zero-order valence-electron chi connectivity index (χ0n) is 11.1. The van der Waals surface area contributed by atoms with Crippen LogP contribution in [-0.2, 0) is 6.42 Å². The van der Waals surface area contributed by atoms with Crippen molar-refractivity contribution in [2.45, 2.75) is 26.3 Å². The fourth-order valence-electron chi connectivity index (χ4n) is 2.05. The monoisotopic (exact) mass is 298 g/mol. The van der Waals surface area contributed by atoms with Crippen LogP contribution in [0.15, 0.2) is 18.2 Å². The molecule has 102 valence electrons. The molecule has 19 heavy (non-hydrogen) atoms. The lowest BCUT2D eigenvalue weighted by Crippen LogP contribution is -2.18. The molecule has 0 aliphatic rings. The van der Waals surface area contributed by atoms with E-state index in [1.165, 1.54) is 10.9 Å². The van der Waals surface area contributed by atoms with Crippen molar-refractivity contribution in [1.82, 2.24) is 10.3 Å². The summed E-state index contributed by atoms with van der Waals surface area (Å²) in [6, 6.07) is 4.34. The first-order valence-corrected chi connectivity index (χ1v) is 7.34. The van der Waals surface area contributed by atoms with Gasteiger partial charge in [0.1, 0.15) is 10.8 Å². The predicted molar refractivity (Wildman–Crippen MR) is 78.5 cm³/mol. The minimum Gasteiger partial charge on any atom is -0.307 e. The summed E-state index contributed by atoms with van der Waals surface area (Å²) in [4.78, 5) is 5.77. The van der Waals surface area contributed by atoms with Gasteiger partial charge in [-0.05, 0) is 38.6 Å². The SMILES string of the molecule is CCc1nc(C(NC)c2cc(Cl)ccc2F)sc1C. The van der Waals surface area contributed by atoms with Crippen LogP contribution in [0.4, 0.5) is 4.39 Å². The van der Waals surface area contributed by atoms with E-state index in [2.05, 4.69) is 17.2 Å². The Bertz CT molecular complexity index is 583. The number of hydrogen-bond donors (Lipinski definition) is 1. The maximum absolute atomic E-state index is 14.0. The second kappa shape index (κ2) is 5.99. The normalized spacial score (nSPS) is 12.7. The van der Waals surface area contributed by atoms with Crippen molar-refractivity contribution in [3.8, 4) is 0 Å². The van der Waals surface area contributed by atoms with E-state index in [0.29, 0.717) is 10.6 Å². The Morgan fingerprint density at radius 1 is 1.47 bits per heavy atom. The Labute approximate surface area is 121 Å². The summed E-state index contributed by atoms with van der Waals surface area (Å²) in [5.41, 5.74) is 1.61. The predicted octanol–water partition coefficient (Wildman–Crippen LogP) is 4.12. The molecule has 0 radical (unpaired) electrons. The summed E-state index contributed by atoms with van der Waals surface area (Å²) in [6.07, 6.45) is 0.886. The number of aryl methyl sites for hydroxylation is 2. The maximum Gasteiger partial charge on any atom is 0.128 e. The molecule has 0 bridgehead atoms. The Morgan fingerprint density at radius 2 is 2.21 bits per heavy atom. The number of thiazole rings is 1. The molecule has 1 N–H and O–H groups in total. The third kappa shape index (κ3) is 2.96. The molecule has 5 heteroatoms. The van der Waals surface area contributed by atoms with Crippen LogP contribution in [0.25, 0.3) is 0 Å². The van der Waals surface area contributed by atoms with Gasteiger partial charge in [0.2, 0.25) is 0 Å². The molecule has 0 spiro atoms. The van der Waals surface area contributed by atoms with Crippen LogP contribution >= 0.6 is 22.9 Å². The Kier molecular flexibility index (Phi) is 4.55. The van der Waals surface area contributed by atoms with Gasteiger partial charge in [0.15, 0.2) is 0 Å². The number of halogens is 2. The minimum atomic E-state index is -0.269. The summed E-state index contributed by atoms with van der Waals surface area (Å²) in [6.45, 7) is 4.11. The summed E-state index contributed by atoms with van der Waals surface area (Å²) < 4.78 is 14.0. The van der Waals surface area contributed by atoms with Gasteiger partial charge in [-0.15, -0.1) is 11.3 Å². The van der Waals surface area contributed by atoms with Crippen LogP contribution in [-0.4, -0.2) is 12.0 Å². The van der Waals surface area contributed by atoms with E-state index in [0.717, 1.165) is 17.1 Å². The van der Waals surface area contributed by atoms with Crippen molar-refractivity contribution in [3.63, 3.8) is 0 Å². The third-order valence-electron chi connectivity index (χ3n) is 3.05. The number of nitrogens with zero attached hydrogens (tertiary/aromatic N) is 1. The molecule has 1 aromatic carbocycles. The molecule has 0 amide bonds. The summed E-state index contributed by atoms with van der Waals surface area (Å²) in [5, 5.41) is 4.52. The Hall–Kier alpha value is -0.970. The number of aromatic nitrogens is 1. The van der Waals surface area contributed by atoms with Gasteiger partial charge >= 0.3 is 0 Å². The van der Waals surface area contributed by atoms with Gasteiger partial charge in [0, 0.05) is 15.5 Å². The molecule has 0 aliphatic heterocycles. The van der Waals surface area contributed by atoms with Crippen molar-refractivity contribution in [1.29, 1.82) is 0 Å². The van der Waals surface area contributed by atoms with Gasteiger partial charge in [0.25, 0.3) is 0 Å². The lowest BCUT2D eigenvalue weighted by Gasteiger charge is -2.15. The van der Waals surface area contributed by atoms with Crippen molar-refractivity contribution in [2.75, 3.05) is 7.05 Å². The second-order valence-corrected chi connectivity index (χ2v) is 5.97. The molecule has 1 unspecified atom stereocenters. The van der Waals surface area contributed by atoms with E-state index in [-0.39, 0.29) is 11.9 Å². The minimum absolute atomic E-state index is 0.261. The number of hydrogen-bond acceptors (Lipinski definition) is 3. The van der Waals surface area contributed by atoms with E-state index in [1.54, 1.807) is 30.5 Å². The van der Waals surface area contributed by atoms with Crippen LogP contribution in [0.5, 0.6) is 0 Å². The molecule has 1 aromatic heterocycles.